The first-order valence-electron chi connectivity index (χ1n) is 19.7. The average molecular weight is 747 g/mol. The molecule has 1 atom stereocenters. The van der Waals surface area contributed by atoms with Crippen LogP contribution in [0, 0.1) is 0 Å². The molecule has 0 saturated heterocycles. The first kappa shape index (κ1) is 33.4. The summed E-state index contributed by atoms with van der Waals surface area (Å²) in [5, 5.41) is 3.96. The molecule has 0 fully saturated rings. The minimum atomic E-state index is 0.205. The molecule has 10 aromatic rings. The van der Waals surface area contributed by atoms with Crippen LogP contribution in [0.25, 0.3) is 65.1 Å². The molecule has 8 aromatic carbocycles. The molecular formula is C54H38N2S. The van der Waals surface area contributed by atoms with Crippen molar-refractivity contribution in [2.45, 2.75) is 12.3 Å². The molecule has 1 aliphatic carbocycles. The number of hydrogen-bond donors (Lipinski definition) is 0. The van der Waals surface area contributed by atoms with Gasteiger partial charge in [-0.05, 0) is 100 Å². The maximum atomic E-state index is 2.52. The molecule has 0 radical (unpaired) electrons. The topological polar surface area (TPSA) is 8.17 Å². The highest BCUT2D eigenvalue weighted by Crippen LogP contribution is 2.46. The van der Waals surface area contributed by atoms with Crippen molar-refractivity contribution in [2.24, 2.45) is 0 Å². The van der Waals surface area contributed by atoms with Gasteiger partial charge in [0, 0.05) is 43.8 Å². The quantitative estimate of drug-likeness (QED) is 0.158. The number of aromatic nitrogens is 1. The number of rotatable bonds is 7. The molecule has 0 amide bonds. The molecule has 2 heterocycles. The van der Waals surface area contributed by atoms with Crippen molar-refractivity contribution in [1.29, 1.82) is 0 Å². The van der Waals surface area contributed by atoms with E-state index in [1.807, 2.05) is 11.3 Å². The molecule has 270 valence electrons. The van der Waals surface area contributed by atoms with Crippen LogP contribution in [0.15, 0.2) is 206 Å². The minimum Gasteiger partial charge on any atom is -0.310 e. The van der Waals surface area contributed by atoms with Gasteiger partial charge in [-0.15, -0.1) is 11.3 Å². The highest BCUT2D eigenvalue weighted by molar-refractivity contribution is 7.26. The molecule has 0 aliphatic heterocycles. The number of thiophene rings is 1. The molecule has 2 nitrogen and oxygen atoms in total. The third kappa shape index (κ3) is 5.78. The lowest BCUT2D eigenvalue weighted by atomic mass is 9.83. The van der Waals surface area contributed by atoms with E-state index in [2.05, 4.69) is 222 Å². The van der Waals surface area contributed by atoms with Crippen LogP contribution in [-0.2, 0) is 0 Å². The summed E-state index contributed by atoms with van der Waals surface area (Å²) < 4.78 is 5.17. The highest BCUT2D eigenvalue weighted by atomic mass is 32.1. The second kappa shape index (κ2) is 14.0. The van der Waals surface area contributed by atoms with Crippen LogP contribution in [-0.4, -0.2) is 4.57 Å². The van der Waals surface area contributed by atoms with Crippen LogP contribution in [0.4, 0.5) is 17.1 Å². The van der Waals surface area contributed by atoms with Gasteiger partial charge >= 0.3 is 0 Å². The SMILES string of the molecule is C1=Cc2c(c3ccccc3n2-c2cccc3c2sc2ccccc23)C(c2cccc(N(c3ccccc3)c3ccc(-c4ccc(-c5ccccc5)cc4)cc3)c2)C1. The van der Waals surface area contributed by atoms with E-state index in [1.165, 1.54) is 75.8 Å². The fourth-order valence-corrected chi connectivity index (χ4v) is 10.1. The van der Waals surface area contributed by atoms with Crippen LogP contribution in [0.2, 0.25) is 0 Å². The average Bonchev–Trinajstić information content (AvgIpc) is 3.84. The van der Waals surface area contributed by atoms with Gasteiger partial charge in [0.2, 0.25) is 0 Å². The Labute approximate surface area is 336 Å². The summed E-state index contributed by atoms with van der Waals surface area (Å²) in [7, 11) is 0. The molecule has 57 heavy (non-hydrogen) atoms. The third-order valence-corrected chi connectivity index (χ3v) is 12.8. The van der Waals surface area contributed by atoms with Crippen molar-refractivity contribution in [2.75, 3.05) is 4.90 Å². The van der Waals surface area contributed by atoms with E-state index in [1.54, 1.807) is 0 Å². The molecule has 1 aliphatic rings. The Morgan fingerprint density at radius 2 is 1.05 bits per heavy atom. The van der Waals surface area contributed by atoms with E-state index in [-0.39, 0.29) is 5.92 Å². The Morgan fingerprint density at radius 1 is 0.474 bits per heavy atom. The van der Waals surface area contributed by atoms with Gasteiger partial charge in [-0.2, -0.15) is 0 Å². The molecule has 3 heteroatoms. The molecular weight excluding hydrogens is 709 g/mol. The largest absolute Gasteiger partial charge is 0.310 e. The molecule has 2 aromatic heterocycles. The molecule has 0 N–H and O–H groups in total. The fourth-order valence-electron chi connectivity index (χ4n) is 8.91. The zero-order valence-corrected chi connectivity index (χ0v) is 32.1. The minimum absolute atomic E-state index is 0.205. The Balaban J connectivity index is 0.990. The smallest absolute Gasteiger partial charge is 0.0640 e. The van der Waals surface area contributed by atoms with Crippen molar-refractivity contribution < 1.29 is 0 Å². The van der Waals surface area contributed by atoms with Gasteiger partial charge in [-0.25, -0.2) is 0 Å². The van der Waals surface area contributed by atoms with Gasteiger partial charge < -0.3 is 9.47 Å². The third-order valence-electron chi connectivity index (χ3n) is 11.6. The van der Waals surface area contributed by atoms with Crippen LogP contribution in [0.3, 0.4) is 0 Å². The second-order valence-electron chi connectivity index (χ2n) is 14.9. The molecule has 0 saturated carbocycles. The van der Waals surface area contributed by atoms with E-state index in [0.29, 0.717) is 0 Å². The van der Waals surface area contributed by atoms with Crippen molar-refractivity contribution in [1.82, 2.24) is 4.57 Å². The predicted molar refractivity (Wildman–Crippen MR) is 244 cm³/mol. The summed E-state index contributed by atoms with van der Waals surface area (Å²) in [5.74, 6) is 0.205. The van der Waals surface area contributed by atoms with Gasteiger partial charge in [-0.3, -0.25) is 0 Å². The number of allylic oxidation sites excluding steroid dienone is 1. The lowest BCUT2D eigenvalue weighted by Gasteiger charge is -2.28. The second-order valence-corrected chi connectivity index (χ2v) is 15.9. The predicted octanol–water partition coefficient (Wildman–Crippen LogP) is 15.4. The Kier molecular flexibility index (Phi) is 8.19. The molecule has 1 unspecified atom stereocenters. The fraction of sp³-hybridized carbons (Fsp3) is 0.0370. The number of nitrogens with zero attached hydrogens (tertiary/aromatic N) is 2. The van der Waals surface area contributed by atoms with Crippen LogP contribution in [0.1, 0.15) is 29.2 Å². The number of benzene rings is 8. The monoisotopic (exact) mass is 746 g/mol. The maximum absolute atomic E-state index is 2.52. The van der Waals surface area contributed by atoms with E-state index in [9.17, 15) is 0 Å². The van der Waals surface area contributed by atoms with Crippen molar-refractivity contribution in [3.63, 3.8) is 0 Å². The summed E-state index contributed by atoms with van der Waals surface area (Å²) in [6.45, 7) is 0. The normalized spacial score (nSPS) is 13.6. The number of fused-ring (bicyclic) bond motifs is 6. The summed E-state index contributed by atoms with van der Waals surface area (Å²) in [4.78, 5) is 2.39. The summed E-state index contributed by atoms with van der Waals surface area (Å²) in [6.07, 6.45) is 5.68. The number of hydrogen-bond acceptors (Lipinski definition) is 2. The zero-order chi connectivity index (χ0) is 37.7. The summed E-state index contributed by atoms with van der Waals surface area (Å²) in [6, 6.07) is 73.0. The van der Waals surface area contributed by atoms with Gasteiger partial charge in [0.25, 0.3) is 0 Å². The lowest BCUT2D eigenvalue weighted by molar-refractivity contribution is 0.819. The van der Waals surface area contributed by atoms with Gasteiger partial charge in [0.15, 0.2) is 0 Å². The lowest BCUT2D eigenvalue weighted by Crippen LogP contribution is -2.12. The first-order chi connectivity index (χ1) is 28.3. The molecule has 0 bridgehead atoms. The van der Waals surface area contributed by atoms with Crippen LogP contribution >= 0.6 is 11.3 Å². The van der Waals surface area contributed by atoms with Gasteiger partial charge in [-0.1, -0.05) is 152 Å². The van der Waals surface area contributed by atoms with Crippen LogP contribution in [0.5, 0.6) is 0 Å². The standard InChI is InChI=1S/C54H38N2S/c1-3-14-37(15-4-1)38-28-30-39(31-29-38)40-32-34-43(35-33-40)55(42-17-5-2-6-18-42)44-19-11-16-41(36-44)45-22-12-25-50-53(45)48-21-7-9-24-49(48)56(50)51-26-13-23-47-46-20-8-10-27-52(46)57-54(47)51/h1-21,23-36,45H,22H2. The van der Waals surface area contributed by atoms with Crippen LogP contribution < -0.4 is 4.90 Å². The van der Waals surface area contributed by atoms with E-state index >= 15 is 0 Å². The zero-order valence-electron chi connectivity index (χ0n) is 31.3. The van der Waals surface area contributed by atoms with E-state index < -0.39 is 0 Å². The van der Waals surface area contributed by atoms with Gasteiger partial charge in [0.05, 0.1) is 21.6 Å². The Hall–Kier alpha value is -6.94. The van der Waals surface area contributed by atoms with E-state index in [0.717, 1.165) is 23.5 Å². The Bertz CT molecular complexity index is 3080. The summed E-state index contributed by atoms with van der Waals surface area (Å²) in [5.41, 5.74) is 14.8. The molecule has 11 rings (SSSR count). The van der Waals surface area contributed by atoms with Gasteiger partial charge in [0.1, 0.15) is 0 Å². The number of para-hydroxylation sites is 2. The first-order valence-corrected chi connectivity index (χ1v) is 20.5. The van der Waals surface area contributed by atoms with Crippen molar-refractivity contribution >= 4 is 65.6 Å². The highest BCUT2D eigenvalue weighted by Gasteiger charge is 2.28. The summed E-state index contributed by atoms with van der Waals surface area (Å²) >= 11 is 1.89. The maximum Gasteiger partial charge on any atom is 0.0640 e. The van der Waals surface area contributed by atoms with Crippen molar-refractivity contribution in [3.05, 3.63) is 223 Å². The van der Waals surface area contributed by atoms with Crippen molar-refractivity contribution in [3.8, 4) is 27.9 Å². The Morgan fingerprint density at radius 3 is 1.82 bits per heavy atom. The van der Waals surface area contributed by atoms with E-state index in [4.69, 9.17) is 0 Å². The number of anilines is 3. The molecule has 0 spiro atoms.